The van der Waals surface area contributed by atoms with Crippen molar-refractivity contribution in [2.75, 3.05) is 0 Å². The molecule has 0 spiro atoms. The van der Waals surface area contributed by atoms with E-state index in [2.05, 4.69) is 19.1 Å². The van der Waals surface area contributed by atoms with Gasteiger partial charge in [-0.2, -0.15) is 0 Å². The Kier molecular flexibility index (Phi) is 4.66. The van der Waals surface area contributed by atoms with Crippen LogP contribution in [0.2, 0.25) is 0 Å². The minimum Gasteiger partial charge on any atom is -0.486 e. The maximum Gasteiger partial charge on any atom is 0.371 e. The minimum atomic E-state index is -1.08. The first kappa shape index (κ1) is 15.9. The molecule has 0 saturated carbocycles. The van der Waals surface area contributed by atoms with Crippen LogP contribution in [0.4, 0.5) is 0 Å². The number of carbonyl (C=O) groups is 1. The maximum atomic E-state index is 10.8. The van der Waals surface area contributed by atoms with Crippen LogP contribution in [0.25, 0.3) is 0 Å². The molecule has 0 saturated heterocycles. The van der Waals surface area contributed by atoms with Crippen molar-refractivity contribution in [3.05, 3.63) is 89.4 Å². The van der Waals surface area contributed by atoms with E-state index in [0.29, 0.717) is 17.4 Å². The molecule has 0 aliphatic carbocycles. The lowest BCUT2D eigenvalue weighted by Crippen LogP contribution is -1.97. The molecule has 2 aromatic carbocycles. The van der Waals surface area contributed by atoms with E-state index in [4.69, 9.17) is 14.3 Å². The first-order chi connectivity index (χ1) is 11.6. The van der Waals surface area contributed by atoms with Crippen molar-refractivity contribution in [2.24, 2.45) is 0 Å². The summed E-state index contributed by atoms with van der Waals surface area (Å²) in [6, 6.07) is 21.3. The zero-order valence-electron chi connectivity index (χ0n) is 13.3. The Bertz CT molecular complexity index is 803. The fourth-order valence-electron chi connectivity index (χ4n) is 2.51. The standard InChI is InChI=1S/C20H18O4/c1-14(15-5-3-2-4-6-15)16-7-9-17(10-8-16)23-13-18-11-12-19(24-18)20(21)22/h2-12,14H,13H2,1H3,(H,21,22). The molecule has 1 aromatic heterocycles. The molecule has 3 rings (SSSR count). The highest BCUT2D eigenvalue weighted by molar-refractivity contribution is 5.84. The molecule has 3 aromatic rings. The zero-order chi connectivity index (χ0) is 16.9. The topological polar surface area (TPSA) is 59.7 Å². The highest BCUT2D eigenvalue weighted by atomic mass is 16.5. The van der Waals surface area contributed by atoms with Crippen LogP contribution in [0, 0.1) is 0 Å². The molecule has 0 amide bonds. The predicted molar refractivity (Wildman–Crippen MR) is 90.4 cm³/mol. The number of hydrogen-bond acceptors (Lipinski definition) is 3. The van der Waals surface area contributed by atoms with Crippen LogP contribution in [0.5, 0.6) is 5.75 Å². The Morgan fingerprint density at radius 3 is 2.29 bits per heavy atom. The summed E-state index contributed by atoms with van der Waals surface area (Å²) in [7, 11) is 0. The lowest BCUT2D eigenvalue weighted by molar-refractivity contribution is 0.0658. The molecule has 0 aliphatic rings. The largest absolute Gasteiger partial charge is 0.486 e. The molecule has 0 aliphatic heterocycles. The second kappa shape index (κ2) is 7.04. The first-order valence-electron chi connectivity index (χ1n) is 7.73. The number of hydrogen-bond donors (Lipinski definition) is 1. The van der Waals surface area contributed by atoms with Crippen LogP contribution in [0.3, 0.4) is 0 Å². The molecule has 4 nitrogen and oxygen atoms in total. The summed E-state index contributed by atoms with van der Waals surface area (Å²) in [5, 5.41) is 8.83. The van der Waals surface area contributed by atoms with Crippen LogP contribution in [-0.4, -0.2) is 11.1 Å². The van der Waals surface area contributed by atoms with Crippen molar-refractivity contribution in [2.45, 2.75) is 19.4 Å². The zero-order valence-corrected chi connectivity index (χ0v) is 13.3. The lowest BCUT2D eigenvalue weighted by Gasteiger charge is -2.13. The highest BCUT2D eigenvalue weighted by Gasteiger charge is 2.10. The van der Waals surface area contributed by atoms with Gasteiger partial charge in [0.05, 0.1) is 0 Å². The SMILES string of the molecule is CC(c1ccccc1)c1ccc(OCc2ccc(C(=O)O)o2)cc1. The van der Waals surface area contributed by atoms with Gasteiger partial charge in [-0.15, -0.1) is 0 Å². The van der Waals surface area contributed by atoms with Crippen LogP contribution < -0.4 is 4.74 Å². The fourth-order valence-corrected chi connectivity index (χ4v) is 2.51. The Hall–Kier alpha value is -3.01. The molecule has 0 fully saturated rings. The van der Waals surface area contributed by atoms with E-state index in [9.17, 15) is 4.79 Å². The van der Waals surface area contributed by atoms with E-state index >= 15 is 0 Å². The van der Waals surface area contributed by atoms with Gasteiger partial charge in [0.1, 0.15) is 18.1 Å². The molecule has 1 unspecified atom stereocenters. The molecule has 1 heterocycles. The average molecular weight is 322 g/mol. The second-order valence-electron chi connectivity index (χ2n) is 5.56. The quantitative estimate of drug-likeness (QED) is 0.714. The number of benzene rings is 2. The van der Waals surface area contributed by atoms with Gasteiger partial charge in [0.2, 0.25) is 5.76 Å². The van der Waals surface area contributed by atoms with Gasteiger partial charge in [0.25, 0.3) is 0 Å². The van der Waals surface area contributed by atoms with Crippen molar-refractivity contribution in [1.82, 2.24) is 0 Å². The third-order valence-corrected chi connectivity index (χ3v) is 3.93. The van der Waals surface area contributed by atoms with E-state index in [1.807, 2.05) is 42.5 Å². The van der Waals surface area contributed by atoms with Gasteiger partial charge >= 0.3 is 5.97 Å². The molecular formula is C20H18O4. The Morgan fingerprint density at radius 2 is 1.67 bits per heavy atom. The van der Waals surface area contributed by atoms with E-state index in [1.54, 1.807) is 6.07 Å². The Balaban J connectivity index is 1.63. The van der Waals surface area contributed by atoms with E-state index in [0.717, 1.165) is 0 Å². The molecule has 0 radical (unpaired) electrons. The van der Waals surface area contributed by atoms with Gasteiger partial charge in [0.15, 0.2) is 0 Å². The lowest BCUT2D eigenvalue weighted by atomic mass is 9.93. The van der Waals surface area contributed by atoms with Gasteiger partial charge in [-0.25, -0.2) is 4.79 Å². The third-order valence-electron chi connectivity index (χ3n) is 3.93. The molecule has 1 atom stereocenters. The second-order valence-corrected chi connectivity index (χ2v) is 5.56. The summed E-state index contributed by atoms with van der Waals surface area (Å²) in [5.41, 5.74) is 2.47. The van der Waals surface area contributed by atoms with Crippen LogP contribution in [0.1, 0.15) is 40.3 Å². The number of carboxylic acids is 1. The van der Waals surface area contributed by atoms with Gasteiger partial charge in [-0.05, 0) is 35.4 Å². The predicted octanol–water partition coefficient (Wildman–Crippen LogP) is 4.71. The van der Waals surface area contributed by atoms with Gasteiger partial charge < -0.3 is 14.3 Å². The molecule has 0 bridgehead atoms. The maximum absolute atomic E-state index is 10.8. The van der Waals surface area contributed by atoms with Gasteiger partial charge in [-0.3, -0.25) is 0 Å². The van der Waals surface area contributed by atoms with E-state index in [1.165, 1.54) is 17.2 Å². The summed E-state index contributed by atoms with van der Waals surface area (Å²) in [4.78, 5) is 10.8. The third kappa shape index (κ3) is 3.66. The molecule has 122 valence electrons. The Morgan fingerprint density at radius 1 is 1.00 bits per heavy atom. The van der Waals surface area contributed by atoms with Crippen molar-refractivity contribution in [3.63, 3.8) is 0 Å². The number of aromatic carboxylic acids is 1. The van der Waals surface area contributed by atoms with Crippen molar-refractivity contribution >= 4 is 5.97 Å². The molecule has 1 N–H and O–H groups in total. The van der Waals surface area contributed by atoms with Crippen LogP contribution in [0.15, 0.2) is 71.1 Å². The van der Waals surface area contributed by atoms with Crippen molar-refractivity contribution in [1.29, 1.82) is 0 Å². The number of ether oxygens (including phenoxy) is 1. The number of carboxylic acid groups (broad SMARTS) is 1. The first-order valence-corrected chi connectivity index (χ1v) is 7.73. The van der Waals surface area contributed by atoms with Crippen molar-refractivity contribution in [3.8, 4) is 5.75 Å². The van der Waals surface area contributed by atoms with Crippen molar-refractivity contribution < 1.29 is 19.1 Å². The monoisotopic (exact) mass is 322 g/mol. The molecule has 24 heavy (non-hydrogen) atoms. The minimum absolute atomic E-state index is 0.0827. The van der Waals surface area contributed by atoms with E-state index in [-0.39, 0.29) is 12.4 Å². The fraction of sp³-hybridized carbons (Fsp3) is 0.150. The summed E-state index contributed by atoms with van der Waals surface area (Å²) in [6.07, 6.45) is 0. The van der Waals surface area contributed by atoms with Gasteiger partial charge in [0, 0.05) is 5.92 Å². The summed E-state index contributed by atoms with van der Waals surface area (Å²) < 4.78 is 10.8. The summed E-state index contributed by atoms with van der Waals surface area (Å²) >= 11 is 0. The smallest absolute Gasteiger partial charge is 0.371 e. The average Bonchev–Trinajstić information content (AvgIpc) is 3.10. The number of furan rings is 1. The number of rotatable bonds is 6. The van der Waals surface area contributed by atoms with E-state index < -0.39 is 5.97 Å². The van der Waals surface area contributed by atoms with Crippen LogP contribution >= 0.6 is 0 Å². The highest BCUT2D eigenvalue weighted by Crippen LogP contribution is 2.25. The summed E-state index contributed by atoms with van der Waals surface area (Å²) in [5.74, 6) is 0.339. The molecular weight excluding hydrogens is 304 g/mol. The normalized spacial score (nSPS) is 11.9. The summed E-state index contributed by atoms with van der Waals surface area (Å²) in [6.45, 7) is 2.36. The molecule has 4 heteroatoms. The Labute approximate surface area is 140 Å². The van der Waals surface area contributed by atoms with Gasteiger partial charge in [-0.1, -0.05) is 49.4 Å². The van der Waals surface area contributed by atoms with Crippen LogP contribution in [-0.2, 0) is 6.61 Å².